The van der Waals surface area contributed by atoms with Gasteiger partial charge in [-0.2, -0.15) is 5.10 Å². The molecule has 0 saturated heterocycles. The van der Waals surface area contributed by atoms with Gasteiger partial charge in [0.2, 0.25) is 5.91 Å². The molecule has 0 spiro atoms. The molecular formula is C30H36N6O2. The molecule has 4 rings (SSSR count). The maximum absolute atomic E-state index is 12.0. The Labute approximate surface area is 223 Å². The van der Waals surface area contributed by atoms with Crippen molar-refractivity contribution in [2.45, 2.75) is 45.1 Å². The second-order valence-electron chi connectivity index (χ2n) is 10.4. The van der Waals surface area contributed by atoms with E-state index in [9.17, 15) is 9.90 Å². The topological polar surface area (TPSA) is 118 Å². The molecule has 5 N–H and O–H groups in total. The van der Waals surface area contributed by atoms with E-state index in [1.807, 2.05) is 22.9 Å². The zero-order chi connectivity index (χ0) is 27.1. The Balaban J connectivity index is 1.42. The van der Waals surface area contributed by atoms with Crippen molar-refractivity contribution < 1.29 is 9.90 Å². The predicted octanol–water partition coefficient (Wildman–Crippen LogP) is 4.43. The van der Waals surface area contributed by atoms with Crippen LogP contribution in [0.3, 0.4) is 0 Å². The number of phenols is 1. The van der Waals surface area contributed by atoms with Crippen LogP contribution in [-0.4, -0.2) is 44.9 Å². The number of phenolic OH excluding ortho intramolecular Hbond substituents is 1. The molecule has 8 heteroatoms. The first kappa shape index (κ1) is 26.9. The average Bonchev–Trinajstić information content (AvgIpc) is 3.33. The number of nitrogens with two attached hydrogens (primary N) is 1. The van der Waals surface area contributed by atoms with E-state index in [0.29, 0.717) is 19.5 Å². The maximum Gasteiger partial charge on any atom is 0.234 e. The third-order valence-electron chi connectivity index (χ3n) is 6.43. The van der Waals surface area contributed by atoms with E-state index >= 15 is 0 Å². The van der Waals surface area contributed by atoms with Crippen molar-refractivity contribution >= 4 is 11.7 Å². The van der Waals surface area contributed by atoms with Crippen molar-refractivity contribution in [1.29, 1.82) is 0 Å². The fraction of sp³-hybridized carbons (Fsp3) is 0.300. The summed E-state index contributed by atoms with van der Waals surface area (Å²) in [5.41, 5.74) is 10.7. The van der Waals surface area contributed by atoms with E-state index in [0.717, 1.165) is 34.7 Å². The lowest BCUT2D eigenvalue weighted by atomic mass is 9.87. The van der Waals surface area contributed by atoms with E-state index in [1.165, 1.54) is 5.56 Å². The van der Waals surface area contributed by atoms with Crippen LogP contribution in [0.15, 0.2) is 79.1 Å². The number of hydrogen-bond donors (Lipinski definition) is 4. The number of pyridine rings is 1. The number of carbonyl (C=O) groups excluding carboxylic acids is 1. The van der Waals surface area contributed by atoms with Crippen LogP contribution in [0.5, 0.6) is 5.75 Å². The molecule has 198 valence electrons. The monoisotopic (exact) mass is 512 g/mol. The molecule has 2 aromatic heterocycles. The molecule has 0 radical (unpaired) electrons. The molecule has 38 heavy (non-hydrogen) atoms. The molecule has 2 heterocycles. The van der Waals surface area contributed by atoms with E-state index in [1.54, 1.807) is 36.7 Å². The van der Waals surface area contributed by atoms with Gasteiger partial charge < -0.3 is 21.5 Å². The van der Waals surface area contributed by atoms with Crippen molar-refractivity contribution in [2.24, 2.45) is 5.73 Å². The van der Waals surface area contributed by atoms with Crippen molar-refractivity contribution in [3.05, 3.63) is 90.3 Å². The zero-order valence-electron chi connectivity index (χ0n) is 22.2. The highest BCUT2D eigenvalue weighted by atomic mass is 16.3. The van der Waals surface area contributed by atoms with Crippen LogP contribution in [0.25, 0.3) is 16.9 Å². The lowest BCUT2D eigenvalue weighted by molar-refractivity contribution is -0.120. The fourth-order valence-electron chi connectivity index (χ4n) is 4.19. The van der Waals surface area contributed by atoms with E-state index in [4.69, 9.17) is 10.8 Å². The van der Waals surface area contributed by atoms with Gasteiger partial charge in [0.1, 0.15) is 11.6 Å². The molecule has 0 bridgehead atoms. The quantitative estimate of drug-likeness (QED) is 0.221. The first-order valence-corrected chi connectivity index (χ1v) is 12.9. The van der Waals surface area contributed by atoms with E-state index in [-0.39, 0.29) is 11.2 Å². The maximum atomic E-state index is 12.0. The Kier molecular flexibility index (Phi) is 8.43. The number of primary amides is 1. The highest BCUT2D eigenvalue weighted by molar-refractivity contribution is 5.80. The molecule has 0 unspecified atom stereocenters. The molecule has 2 aromatic carbocycles. The second kappa shape index (κ2) is 11.9. The van der Waals surface area contributed by atoms with Crippen molar-refractivity contribution in [3.63, 3.8) is 0 Å². The van der Waals surface area contributed by atoms with E-state index in [2.05, 4.69) is 60.7 Å². The molecule has 0 saturated carbocycles. The second-order valence-corrected chi connectivity index (χ2v) is 10.4. The van der Waals surface area contributed by atoms with E-state index < -0.39 is 11.9 Å². The standard InChI is InChI=1S/C30H36N6O2/c1-30(2,3)23-7-9-24(10-8-23)36-28(20-26(35-36)22-13-17-32-18-14-22)34-16-4-15-33-27(29(31)38)19-21-5-11-25(37)12-6-21/h5-14,17-18,20,27,33-34,37H,4,15-16,19H2,1-3H3,(H2,31,38)/t27-/m0/s1. The molecule has 4 aromatic rings. The predicted molar refractivity (Wildman–Crippen MR) is 151 cm³/mol. The Morgan fingerprint density at radius 2 is 1.68 bits per heavy atom. The number of aromatic hydroxyl groups is 1. The molecule has 1 atom stereocenters. The van der Waals surface area contributed by atoms with Gasteiger partial charge in [0, 0.05) is 30.6 Å². The highest BCUT2D eigenvalue weighted by Crippen LogP contribution is 2.27. The first-order chi connectivity index (χ1) is 18.2. The van der Waals surface area contributed by atoms with Crippen LogP contribution in [0.1, 0.15) is 38.3 Å². The van der Waals surface area contributed by atoms with Crippen LogP contribution in [0.4, 0.5) is 5.82 Å². The summed E-state index contributed by atoms with van der Waals surface area (Å²) < 4.78 is 1.92. The first-order valence-electron chi connectivity index (χ1n) is 12.9. The summed E-state index contributed by atoms with van der Waals surface area (Å²) in [6, 6.07) is 20.7. The Morgan fingerprint density at radius 1 is 1.00 bits per heavy atom. The number of nitrogens with one attached hydrogen (secondary N) is 2. The van der Waals surface area contributed by atoms with Crippen molar-refractivity contribution in [3.8, 4) is 22.7 Å². The van der Waals surface area contributed by atoms with Gasteiger partial charge in [-0.3, -0.25) is 9.78 Å². The van der Waals surface area contributed by atoms with Gasteiger partial charge in [-0.15, -0.1) is 0 Å². The molecule has 8 nitrogen and oxygen atoms in total. The molecule has 0 aliphatic carbocycles. The van der Waals surface area contributed by atoms with Crippen LogP contribution in [-0.2, 0) is 16.6 Å². The minimum absolute atomic E-state index is 0.0734. The number of nitrogens with zero attached hydrogens (tertiary/aromatic N) is 3. The van der Waals surface area contributed by atoms with Gasteiger partial charge in [0.15, 0.2) is 0 Å². The average molecular weight is 513 g/mol. The lowest BCUT2D eigenvalue weighted by Gasteiger charge is -2.19. The fourth-order valence-corrected chi connectivity index (χ4v) is 4.19. The normalized spacial score (nSPS) is 12.3. The molecular weight excluding hydrogens is 476 g/mol. The van der Waals surface area contributed by atoms with Gasteiger partial charge in [-0.25, -0.2) is 4.68 Å². The Morgan fingerprint density at radius 3 is 2.32 bits per heavy atom. The number of hydrogen-bond acceptors (Lipinski definition) is 6. The van der Waals surface area contributed by atoms with Crippen molar-refractivity contribution in [2.75, 3.05) is 18.4 Å². The summed E-state index contributed by atoms with van der Waals surface area (Å²) in [7, 11) is 0. The highest BCUT2D eigenvalue weighted by Gasteiger charge is 2.17. The molecule has 0 fully saturated rings. The minimum Gasteiger partial charge on any atom is -0.508 e. The number of rotatable bonds is 11. The summed E-state index contributed by atoms with van der Waals surface area (Å²) in [5, 5.41) is 21.1. The zero-order valence-corrected chi connectivity index (χ0v) is 22.2. The third kappa shape index (κ3) is 6.98. The van der Waals surface area contributed by atoms with Gasteiger partial charge in [-0.05, 0) is 72.3 Å². The number of aromatic nitrogens is 3. The van der Waals surface area contributed by atoms with Crippen molar-refractivity contribution in [1.82, 2.24) is 20.1 Å². The lowest BCUT2D eigenvalue weighted by Crippen LogP contribution is -2.43. The van der Waals surface area contributed by atoms with Gasteiger partial charge >= 0.3 is 0 Å². The molecule has 1 amide bonds. The van der Waals surface area contributed by atoms with Crippen LogP contribution in [0.2, 0.25) is 0 Å². The summed E-state index contributed by atoms with van der Waals surface area (Å²) in [6.45, 7) is 7.90. The summed E-state index contributed by atoms with van der Waals surface area (Å²) in [6.07, 6.45) is 4.77. The number of carbonyl (C=O) groups is 1. The third-order valence-corrected chi connectivity index (χ3v) is 6.43. The number of benzene rings is 2. The molecule has 0 aliphatic rings. The van der Waals surface area contributed by atoms with Gasteiger partial charge in [0.05, 0.1) is 17.4 Å². The minimum atomic E-state index is -0.482. The summed E-state index contributed by atoms with van der Waals surface area (Å²) in [5.74, 6) is 0.681. The van der Waals surface area contributed by atoms with Crippen LogP contribution >= 0.6 is 0 Å². The largest absolute Gasteiger partial charge is 0.508 e. The van der Waals surface area contributed by atoms with Gasteiger partial charge in [-0.1, -0.05) is 45.0 Å². The SMILES string of the molecule is CC(C)(C)c1ccc(-n2nc(-c3ccncc3)cc2NCCCN[C@@H](Cc2ccc(O)cc2)C(N)=O)cc1. The smallest absolute Gasteiger partial charge is 0.234 e. The Hall–Kier alpha value is -4.17. The number of anilines is 1. The summed E-state index contributed by atoms with van der Waals surface area (Å²) in [4.78, 5) is 16.1. The van der Waals surface area contributed by atoms with Crippen LogP contribution in [0, 0.1) is 0 Å². The van der Waals surface area contributed by atoms with Crippen LogP contribution < -0.4 is 16.4 Å². The summed E-state index contributed by atoms with van der Waals surface area (Å²) >= 11 is 0. The number of amides is 1. The Bertz CT molecular complexity index is 1330. The van der Waals surface area contributed by atoms with Gasteiger partial charge in [0.25, 0.3) is 0 Å². The molecule has 0 aliphatic heterocycles.